The minimum Gasteiger partial charge on any atom is -0.445 e. The van der Waals surface area contributed by atoms with Crippen molar-refractivity contribution in [1.29, 1.82) is 0 Å². The standard InChI is InChI=1S/C11H16N2O/c1-7-12-5-9(14-7)6-13-11-3-2-8-4-10(8)11/h5,8,10-11,13H,2-4,6H2,1H3. The van der Waals surface area contributed by atoms with Crippen LogP contribution in [0.5, 0.6) is 0 Å². The summed E-state index contributed by atoms with van der Waals surface area (Å²) in [4.78, 5) is 4.08. The average Bonchev–Trinajstić information content (AvgIpc) is 2.66. The van der Waals surface area contributed by atoms with E-state index in [1.54, 1.807) is 0 Å². The Kier molecular flexibility index (Phi) is 1.87. The van der Waals surface area contributed by atoms with E-state index in [0.717, 1.165) is 36.1 Å². The zero-order chi connectivity index (χ0) is 9.54. The van der Waals surface area contributed by atoms with Crippen molar-refractivity contribution in [2.75, 3.05) is 0 Å². The molecule has 1 N–H and O–H groups in total. The number of hydrogen-bond acceptors (Lipinski definition) is 3. The fourth-order valence-electron chi connectivity index (χ4n) is 2.68. The molecule has 0 spiro atoms. The Hall–Kier alpha value is -0.830. The molecule has 76 valence electrons. The van der Waals surface area contributed by atoms with Gasteiger partial charge in [-0.25, -0.2) is 4.98 Å². The molecular weight excluding hydrogens is 176 g/mol. The predicted molar refractivity (Wildman–Crippen MR) is 52.7 cm³/mol. The van der Waals surface area contributed by atoms with Gasteiger partial charge in [0, 0.05) is 13.0 Å². The van der Waals surface area contributed by atoms with E-state index in [0.29, 0.717) is 0 Å². The fraction of sp³-hybridized carbons (Fsp3) is 0.727. The van der Waals surface area contributed by atoms with Gasteiger partial charge in [-0.1, -0.05) is 0 Å². The van der Waals surface area contributed by atoms with Crippen molar-refractivity contribution < 1.29 is 4.42 Å². The summed E-state index contributed by atoms with van der Waals surface area (Å²) in [6, 6.07) is 0.741. The van der Waals surface area contributed by atoms with E-state index >= 15 is 0 Å². The molecule has 2 aliphatic carbocycles. The highest BCUT2D eigenvalue weighted by molar-refractivity contribution is 5.02. The van der Waals surface area contributed by atoms with Crippen LogP contribution in [0.15, 0.2) is 10.6 Å². The Bertz CT molecular complexity index is 334. The second-order valence-electron chi connectivity index (χ2n) is 4.57. The summed E-state index contributed by atoms with van der Waals surface area (Å²) < 4.78 is 5.42. The summed E-state index contributed by atoms with van der Waals surface area (Å²) in [6.45, 7) is 2.73. The van der Waals surface area contributed by atoms with Crippen LogP contribution in [0.1, 0.15) is 30.9 Å². The predicted octanol–water partition coefficient (Wildman–Crippen LogP) is 1.87. The van der Waals surface area contributed by atoms with Crippen molar-refractivity contribution in [3.63, 3.8) is 0 Å². The van der Waals surface area contributed by atoms with Crippen molar-refractivity contribution in [2.45, 2.75) is 38.8 Å². The number of fused-ring (bicyclic) bond motifs is 1. The highest BCUT2D eigenvalue weighted by Gasteiger charge is 2.47. The second kappa shape index (κ2) is 3.09. The summed E-state index contributed by atoms with van der Waals surface area (Å²) in [5, 5.41) is 3.57. The third-order valence-electron chi connectivity index (χ3n) is 3.55. The molecule has 3 rings (SSSR count). The molecule has 3 nitrogen and oxygen atoms in total. The van der Waals surface area contributed by atoms with E-state index in [-0.39, 0.29) is 0 Å². The first-order valence-corrected chi connectivity index (χ1v) is 5.47. The molecule has 3 unspecified atom stereocenters. The van der Waals surface area contributed by atoms with Crippen molar-refractivity contribution >= 4 is 0 Å². The first-order valence-electron chi connectivity index (χ1n) is 5.47. The third kappa shape index (κ3) is 1.46. The minimum absolute atomic E-state index is 0.741. The average molecular weight is 192 g/mol. The maximum Gasteiger partial charge on any atom is 0.191 e. The van der Waals surface area contributed by atoms with Gasteiger partial charge in [-0.2, -0.15) is 0 Å². The Morgan fingerprint density at radius 1 is 1.57 bits per heavy atom. The van der Waals surface area contributed by atoms with Crippen LogP contribution in [0.4, 0.5) is 0 Å². The lowest BCUT2D eigenvalue weighted by molar-refractivity contribution is 0.412. The number of aromatic nitrogens is 1. The normalized spacial score (nSPS) is 34.5. The van der Waals surface area contributed by atoms with Gasteiger partial charge in [0.05, 0.1) is 12.7 Å². The topological polar surface area (TPSA) is 38.1 Å². The maximum absolute atomic E-state index is 5.42. The quantitative estimate of drug-likeness (QED) is 0.794. The summed E-state index contributed by atoms with van der Waals surface area (Å²) in [6.07, 6.45) is 6.05. The largest absolute Gasteiger partial charge is 0.445 e. The van der Waals surface area contributed by atoms with Gasteiger partial charge in [0.2, 0.25) is 0 Å². The molecule has 3 heteroatoms. The summed E-state index contributed by atoms with van der Waals surface area (Å²) >= 11 is 0. The van der Waals surface area contributed by atoms with Crippen LogP contribution in [-0.4, -0.2) is 11.0 Å². The fourth-order valence-corrected chi connectivity index (χ4v) is 2.68. The number of rotatable bonds is 3. The second-order valence-corrected chi connectivity index (χ2v) is 4.57. The summed E-state index contributed by atoms with van der Waals surface area (Å²) in [7, 11) is 0. The van der Waals surface area contributed by atoms with E-state index in [4.69, 9.17) is 4.42 Å². The van der Waals surface area contributed by atoms with Gasteiger partial charge in [-0.05, 0) is 31.1 Å². The molecular formula is C11H16N2O. The molecule has 0 radical (unpaired) electrons. The van der Waals surface area contributed by atoms with Crippen molar-refractivity contribution in [3.05, 3.63) is 17.8 Å². The highest BCUT2D eigenvalue weighted by atomic mass is 16.4. The van der Waals surface area contributed by atoms with Gasteiger partial charge in [-0.3, -0.25) is 0 Å². The number of nitrogens with zero attached hydrogens (tertiary/aromatic N) is 1. The molecule has 2 aliphatic rings. The van der Waals surface area contributed by atoms with Gasteiger partial charge in [0.25, 0.3) is 0 Å². The molecule has 1 aromatic rings. The summed E-state index contributed by atoms with van der Waals surface area (Å²) in [5.41, 5.74) is 0. The maximum atomic E-state index is 5.42. The smallest absolute Gasteiger partial charge is 0.191 e. The zero-order valence-electron chi connectivity index (χ0n) is 8.49. The van der Waals surface area contributed by atoms with Crippen molar-refractivity contribution in [2.24, 2.45) is 11.8 Å². The molecule has 0 aliphatic heterocycles. The van der Waals surface area contributed by atoms with Crippen LogP contribution in [0, 0.1) is 18.8 Å². The first kappa shape index (κ1) is 8.48. The number of nitrogens with one attached hydrogen (secondary N) is 1. The van der Waals surface area contributed by atoms with E-state index in [9.17, 15) is 0 Å². The lowest BCUT2D eigenvalue weighted by Crippen LogP contribution is -2.28. The SMILES string of the molecule is Cc1ncc(CNC2CCC3CC32)o1. The third-order valence-corrected chi connectivity index (χ3v) is 3.55. The summed E-state index contributed by atoms with van der Waals surface area (Å²) in [5.74, 6) is 3.74. The van der Waals surface area contributed by atoms with Crippen LogP contribution in [0.2, 0.25) is 0 Å². The lowest BCUT2D eigenvalue weighted by Gasteiger charge is -2.12. The van der Waals surface area contributed by atoms with Gasteiger partial charge in [0.1, 0.15) is 5.76 Å². The Morgan fingerprint density at radius 3 is 3.07 bits per heavy atom. The zero-order valence-corrected chi connectivity index (χ0v) is 8.49. The molecule has 2 fully saturated rings. The molecule has 0 aromatic carbocycles. The van der Waals surface area contributed by atoms with Crippen LogP contribution in [0.3, 0.4) is 0 Å². The van der Waals surface area contributed by atoms with Crippen molar-refractivity contribution in [1.82, 2.24) is 10.3 Å². The lowest BCUT2D eigenvalue weighted by atomic mass is 10.2. The molecule has 14 heavy (non-hydrogen) atoms. The number of hydrogen-bond donors (Lipinski definition) is 1. The molecule has 0 amide bonds. The monoisotopic (exact) mass is 192 g/mol. The van der Waals surface area contributed by atoms with Crippen molar-refractivity contribution in [3.8, 4) is 0 Å². The van der Waals surface area contributed by atoms with Gasteiger partial charge < -0.3 is 9.73 Å². The van der Waals surface area contributed by atoms with Crippen LogP contribution in [0.25, 0.3) is 0 Å². The molecule has 3 atom stereocenters. The van der Waals surface area contributed by atoms with E-state index < -0.39 is 0 Å². The molecule has 0 bridgehead atoms. The molecule has 2 saturated carbocycles. The number of aryl methyl sites for hydroxylation is 1. The van der Waals surface area contributed by atoms with Crippen LogP contribution >= 0.6 is 0 Å². The van der Waals surface area contributed by atoms with Gasteiger partial charge in [-0.15, -0.1) is 0 Å². The van der Waals surface area contributed by atoms with E-state index in [1.165, 1.54) is 19.3 Å². The van der Waals surface area contributed by atoms with Gasteiger partial charge in [0.15, 0.2) is 5.89 Å². The Balaban J connectivity index is 1.54. The molecule has 1 heterocycles. The molecule has 0 saturated heterocycles. The van der Waals surface area contributed by atoms with Gasteiger partial charge >= 0.3 is 0 Å². The van der Waals surface area contributed by atoms with Crippen LogP contribution < -0.4 is 5.32 Å². The molecule has 1 aromatic heterocycles. The minimum atomic E-state index is 0.741. The van der Waals surface area contributed by atoms with Crippen LogP contribution in [-0.2, 0) is 6.54 Å². The number of oxazole rings is 1. The first-order chi connectivity index (χ1) is 6.83. The Morgan fingerprint density at radius 2 is 2.50 bits per heavy atom. The highest BCUT2D eigenvalue weighted by Crippen LogP contribution is 2.51. The Labute approximate surface area is 83.9 Å². The van der Waals surface area contributed by atoms with E-state index in [1.807, 2.05) is 13.1 Å². The van der Waals surface area contributed by atoms with E-state index in [2.05, 4.69) is 10.3 Å².